The van der Waals surface area contributed by atoms with Crippen molar-refractivity contribution in [2.24, 2.45) is 11.0 Å². The van der Waals surface area contributed by atoms with E-state index in [0.717, 1.165) is 21.9 Å². The van der Waals surface area contributed by atoms with Crippen LogP contribution in [-0.4, -0.2) is 25.0 Å². The van der Waals surface area contributed by atoms with Crippen LogP contribution in [0.1, 0.15) is 18.9 Å². The number of carbonyl (C=O) groups is 1. The van der Waals surface area contributed by atoms with Crippen molar-refractivity contribution in [1.82, 2.24) is 5.43 Å². The number of amides is 1. The maximum atomic E-state index is 11.2. The third-order valence-electron chi connectivity index (χ3n) is 3.18. The summed E-state index contributed by atoms with van der Waals surface area (Å²) < 4.78 is 5.40. The first-order chi connectivity index (χ1) is 9.63. The molecular formula is C15H18N2O2S. The smallest absolute Gasteiger partial charge is 0.240 e. The van der Waals surface area contributed by atoms with Crippen LogP contribution in [0.2, 0.25) is 0 Å². The second-order valence-electron chi connectivity index (χ2n) is 4.62. The zero-order chi connectivity index (χ0) is 14.5. The standard InChI is InChI=1S/C15H18N2O2S/c1-10-8-15(18)17-16-13(10)7-5-11-4-6-12(20-3)9-14(11)19-2/h4-7,9-10H,8H2,1-3H3,(H,17,18). The zero-order valence-corrected chi connectivity index (χ0v) is 12.7. The van der Waals surface area contributed by atoms with Crippen LogP contribution in [0.4, 0.5) is 0 Å². The summed E-state index contributed by atoms with van der Waals surface area (Å²) in [6.07, 6.45) is 6.41. The number of thioether (sulfide) groups is 1. The number of hydrazone groups is 1. The summed E-state index contributed by atoms with van der Waals surface area (Å²) in [7, 11) is 1.66. The van der Waals surface area contributed by atoms with E-state index in [4.69, 9.17) is 4.74 Å². The van der Waals surface area contributed by atoms with Crippen LogP contribution in [0.25, 0.3) is 6.08 Å². The van der Waals surface area contributed by atoms with Gasteiger partial charge in [-0.2, -0.15) is 5.10 Å². The number of nitrogens with one attached hydrogen (secondary N) is 1. The molecule has 1 heterocycles. The Balaban J connectivity index is 2.21. The van der Waals surface area contributed by atoms with Gasteiger partial charge in [0.2, 0.25) is 5.91 Å². The van der Waals surface area contributed by atoms with Crippen molar-refractivity contribution in [3.05, 3.63) is 29.8 Å². The SMILES string of the molecule is COc1cc(SC)ccc1C=CC1=NNC(=O)CC1C. The molecule has 1 unspecified atom stereocenters. The largest absolute Gasteiger partial charge is 0.496 e. The van der Waals surface area contributed by atoms with Crippen molar-refractivity contribution in [2.75, 3.05) is 13.4 Å². The third kappa shape index (κ3) is 3.42. The summed E-state index contributed by atoms with van der Waals surface area (Å²) in [5.41, 5.74) is 4.38. The molecule has 1 aliphatic rings. The fraction of sp³-hybridized carbons (Fsp3) is 0.333. The fourth-order valence-electron chi connectivity index (χ4n) is 2.00. The Hall–Kier alpha value is -1.75. The second-order valence-corrected chi connectivity index (χ2v) is 5.50. The molecule has 1 aromatic rings. The Kier molecular flexibility index (Phi) is 4.84. The molecular weight excluding hydrogens is 272 g/mol. The Bertz CT molecular complexity index is 567. The van der Waals surface area contributed by atoms with Gasteiger partial charge in [-0.1, -0.05) is 13.0 Å². The number of nitrogens with zero attached hydrogens (tertiary/aromatic N) is 1. The average molecular weight is 290 g/mol. The predicted molar refractivity (Wildman–Crippen MR) is 83.2 cm³/mol. The van der Waals surface area contributed by atoms with Gasteiger partial charge in [0.1, 0.15) is 5.75 Å². The van der Waals surface area contributed by atoms with E-state index in [1.54, 1.807) is 18.9 Å². The van der Waals surface area contributed by atoms with Gasteiger partial charge in [-0.15, -0.1) is 11.8 Å². The van der Waals surface area contributed by atoms with Crippen molar-refractivity contribution in [2.45, 2.75) is 18.2 Å². The minimum atomic E-state index is -0.0310. The van der Waals surface area contributed by atoms with Crippen LogP contribution in [0.3, 0.4) is 0 Å². The highest BCUT2D eigenvalue weighted by Gasteiger charge is 2.18. The number of hydrogen-bond donors (Lipinski definition) is 1. The Morgan fingerprint density at radius 2 is 2.25 bits per heavy atom. The summed E-state index contributed by atoms with van der Waals surface area (Å²) in [5.74, 6) is 0.939. The number of carbonyl (C=O) groups excluding carboxylic acids is 1. The predicted octanol–water partition coefficient (Wildman–Crippen LogP) is 2.94. The zero-order valence-electron chi connectivity index (χ0n) is 11.8. The van der Waals surface area contributed by atoms with Crippen molar-refractivity contribution in [3.8, 4) is 5.75 Å². The lowest BCUT2D eigenvalue weighted by Crippen LogP contribution is -2.30. The highest BCUT2D eigenvalue weighted by atomic mass is 32.2. The van der Waals surface area contributed by atoms with Gasteiger partial charge in [0.25, 0.3) is 0 Å². The minimum Gasteiger partial charge on any atom is -0.496 e. The van der Waals surface area contributed by atoms with Gasteiger partial charge in [-0.05, 0) is 30.5 Å². The van der Waals surface area contributed by atoms with E-state index in [1.807, 2.05) is 37.5 Å². The first-order valence-electron chi connectivity index (χ1n) is 6.40. The van der Waals surface area contributed by atoms with Crippen LogP contribution >= 0.6 is 11.8 Å². The number of allylic oxidation sites excluding steroid dienone is 1. The van der Waals surface area contributed by atoms with Gasteiger partial charge in [-0.25, -0.2) is 5.43 Å². The summed E-state index contributed by atoms with van der Waals surface area (Å²) in [6.45, 7) is 2.00. The molecule has 4 nitrogen and oxygen atoms in total. The van der Waals surface area contributed by atoms with Crippen molar-refractivity contribution >= 4 is 29.5 Å². The first-order valence-corrected chi connectivity index (χ1v) is 7.63. The molecule has 1 amide bonds. The molecule has 0 fully saturated rings. The molecule has 0 spiro atoms. The maximum absolute atomic E-state index is 11.2. The Labute approximate surface area is 123 Å². The molecule has 106 valence electrons. The van der Waals surface area contributed by atoms with Gasteiger partial charge in [-0.3, -0.25) is 4.79 Å². The van der Waals surface area contributed by atoms with Gasteiger partial charge < -0.3 is 4.74 Å². The summed E-state index contributed by atoms with van der Waals surface area (Å²) in [6, 6.07) is 6.09. The lowest BCUT2D eigenvalue weighted by molar-refractivity contribution is -0.121. The molecule has 1 aromatic carbocycles. The normalized spacial score (nSPS) is 18.9. The maximum Gasteiger partial charge on any atom is 0.240 e. The highest BCUT2D eigenvalue weighted by Crippen LogP contribution is 2.26. The topological polar surface area (TPSA) is 50.7 Å². The third-order valence-corrected chi connectivity index (χ3v) is 3.91. The Morgan fingerprint density at radius 1 is 1.45 bits per heavy atom. The Morgan fingerprint density at radius 3 is 2.90 bits per heavy atom. The van der Waals surface area contributed by atoms with Gasteiger partial charge >= 0.3 is 0 Å². The molecule has 0 saturated heterocycles. The molecule has 0 aliphatic carbocycles. The number of ether oxygens (including phenoxy) is 1. The van der Waals surface area contributed by atoms with Gasteiger partial charge in [0, 0.05) is 22.8 Å². The van der Waals surface area contributed by atoms with Crippen LogP contribution in [0, 0.1) is 5.92 Å². The minimum absolute atomic E-state index is 0.0310. The lowest BCUT2D eigenvalue weighted by Gasteiger charge is -2.16. The van der Waals surface area contributed by atoms with Gasteiger partial charge in [0.05, 0.1) is 12.8 Å². The van der Waals surface area contributed by atoms with Crippen LogP contribution in [0.15, 0.2) is 34.3 Å². The lowest BCUT2D eigenvalue weighted by atomic mass is 9.99. The average Bonchev–Trinajstić information content (AvgIpc) is 2.46. The van der Waals surface area contributed by atoms with E-state index in [0.29, 0.717) is 6.42 Å². The van der Waals surface area contributed by atoms with Crippen LogP contribution in [-0.2, 0) is 4.79 Å². The molecule has 1 aliphatic heterocycles. The first kappa shape index (κ1) is 14.7. The van der Waals surface area contributed by atoms with E-state index in [2.05, 4.69) is 16.6 Å². The molecule has 1 atom stereocenters. The number of methoxy groups -OCH3 is 1. The van der Waals surface area contributed by atoms with E-state index in [1.165, 1.54) is 0 Å². The van der Waals surface area contributed by atoms with Crippen molar-refractivity contribution < 1.29 is 9.53 Å². The highest BCUT2D eigenvalue weighted by molar-refractivity contribution is 7.98. The summed E-state index contributed by atoms with van der Waals surface area (Å²) in [5, 5.41) is 4.08. The number of rotatable bonds is 4. The summed E-state index contributed by atoms with van der Waals surface area (Å²) >= 11 is 1.68. The molecule has 20 heavy (non-hydrogen) atoms. The van der Waals surface area contributed by atoms with E-state index in [-0.39, 0.29) is 11.8 Å². The number of hydrogen-bond acceptors (Lipinski definition) is 4. The van der Waals surface area contributed by atoms with Crippen molar-refractivity contribution in [1.29, 1.82) is 0 Å². The molecule has 0 aromatic heterocycles. The van der Waals surface area contributed by atoms with E-state index >= 15 is 0 Å². The summed E-state index contributed by atoms with van der Waals surface area (Å²) in [4.78, 5) is 12.4. The van der Waals surface area contributed by atoms with E-state index < -0.39 is 0 Å². The van der Waals surface area contributed by atoms with E-state index in [9.17, 15) is 4.79 Å². The number of benzene rings is 1. The molecule has 0 radical (unpaired) electrons. The molecule has 0 bridgehead atoms. The molecule has 2 rings (SSSR count). The fourth-order valence-corrected chi connectivity index (χ4v) is 2.43. The second kappa shape index (κ2) is 6.61. The molecule has 1 N–H and O–H groups in total. The monoisotopic (exact) mass is 290 g/mol. The van der Waals surface area contributed by atoms with Gasteiger partial charge in [0.15, 0.2) is 0 Å². The molecule has 0 saturated carbocycles. The van der Waals surface area contributed by atoms with Crippen molar-refractivity contribution in [3.63, 3.8) is 0 Å². The quantitative estimate of drug-likeness (QED) is 0.867. The van der Waals surface area contributed by atoms with Crippen LogP contribution < -0.4 is 10.2 Å². The molecule has 5 heteroatoms. The van der Waals surface area contributed by atoms with Crippen LogP contribution in [0.5, 0.6) is 5.75 Å².